The van der Waals surface area contributed by atoms with Gasteiger partial charge >= 0.3 is 12.1 Å². The maximum Gasteiger partial charge on any atom is 0.471 e. The molecule has 0 aliphatic carbocycles. The Morgan fingerprint density at radius 1 is 1.04 bits per heavy atom. The molecule has 2 saturated heterocycles. The average Bonchev–Trinajstić information content (AvgIpc) is 3.16. The Morgan fingerprint density at radius 2 is 1.67 bits per heavy atom. The molecular formula is C18H22F3N3O3. The first-order chi connectivity index (χ1) is 12.8. The summed E-state index contributed by atoms with van der Waals surface area (Å²) in [5, 5.41) is 0. The van der Waals surface area contributed by atoms with Crippen molar-refractivity contribution in [3.05, 3.63) is 24.3 Å². The normalized spacial score (nSPS) is 20.7. The van der Waals surface area contributed by atoms with Gasteiger partial charge in [0.05, 0.1) is 7.11 Å². The lowest BCUT2D eigenvalue weighted by atomic mass is 10.1. The van der Waals surface area contributed by atoms with E-state index in [9.17, 15) is 22.8 Å². The number of alkyl halides is 3. The van der Waals surface area contributed by atoms with Gasteiger partial charge in [-0.1, -0.05) is 0 Å². The Morgan fingerprint density at radius 3 is 2.22 bits per heavy atom. The van der Waals surface area contributed by atoms with Crippen LogP contribution in [0.15, 0.2) is 24.3 Å². The maximum absolute atomic E-state index is 12.7. The molecule has 0 saturated carbocycles. The average molecular weight is 385 g/mol. The molecule has 148 valence electrons. The van der Waals surface area contributed by atoms with Crippen molar-refractivity contribution in [2.24, 2.45) is 0 Å². The number of ether oxygens (including phenoxy) is 1. The van der Waals surface area contributed by atoms with Gasteiger partial charge in [-0.25, -0.2) is 0 Å². The molecule has 0 spiro atoms. The lowest BCUT2D eigenvalue weighted by Crippen LogP contribution is -2.55. The fourth-order valence-corrected chi connectivity index (χ4v) is 3.62. The van der Waals surface area contributed by atoms with Crippen molar-refractivity contribution in [2.45, 2.75) is 25.1 Å². The number of amides is 2. The smallest absolute Gasteiger partial charge is 0.471 e. The van der Waals surface area contributed by atoms with Crippen molar-refractivity contribution in [3.63, 3.8) is 0 Å². The third-order valence-electron chi connectivity index (χ3n) is 5.07. The number of nitrogens with zero attached hydrogens (tertiary/aromatic N) is 3. The number of anilines is 1. The van der Waals surface area contributed by atoms with Crippen LogP contribution in [0.2, 0.25) is 0 Å². The molecule has 0 aromatic heterocycles. The minimum Gasteiger partial charge on any atom is -0.497 e. The molecule has 1 unspecified atom stereocenters. The number of benzene rings is 1. The molecule has 27 heavy (non-hydrogen) atoms. The van der Waals surface area contributed by atoms with Crippen LogP contribution in [0.3, 0.4) is 0 Å². The Kier molecular flexibility index (Phi) is 5.48. The molecule has 2 aliphatic heterocycles. The molecule has 2 fully saturated rings. The zero-order valence-corrected chi connectivity index (χ0v) is 15.0. The highest BCUT2D eigenvalue weighted by atomic mass is 19.4. The van der Waals surface area contributed by atoms with Gasteiger partial charge in [-0.2, -0.15) is 13.2 Å². The minimum absolute atomic E-state index is 0.0272. The van der Waals surface area contributed by atoms with E-state index in [2.05, 4.69) is 4.90 Å². The summed E-state index contributed by atoms with van der Waals surface area (Å²) < 4.78 is 43.4. The van der Waals surface area contributed by atoms with E-state index in [-0.39, 0.29) is 18.9 Å². The summed E-state index contributed by atoms with van der Waals surface area (Å²) in [5.74, 6) is -1.56. The molecule has 0 bridgehead atoms. The van der Waals surface area contributed by atoms with E-state index in [0.29, 0.717) is 37.5 Å². The van der Waals surface area contributed by atoms with Gasteiger partial charge < -0.3 is 19.4 Å². The molecule has 2 heterocycles. The molecule has 2 aliphatic rings. The van der Waals surface area contributed by atoms with Crippen molar-refractivity contribution in [2.75, 3.05) is 44.7 Å². The molecule has 1 aromatic carbocycles. The summed E-state index contributed by atoms with van der Waals surface area (Å²) in [6, 6.07) is 6.55. The number of hydrogen-bond donors (Lipinski definition) is 0. The zero-order chi connectivity index (χ0) is 19.6. The van der Waals surface area contributed by atoms with Gasteiger partial charge in [0.2, 0.25) is 5.91 Å². The van der Waals surface area contributed by atoms with Crippen molar-refractivity contribution >= 4 is 17.5 Å². The van der Waals surface area contributed by atoms with Gasteiger partial charge in [-0.3, -0.25) is 9.59 Å². The number of hydrogen-bond acceptors (Lipinski definition) is 4. The first-order valence-electron chi connectivity index (χ1n) is 8.87. The summed E-state index contributed by atoms with van der Waals surface area (Å²) in [4.78, 5) is 28.6. The Hall–Kier alpha value is -2.45. The summed E-state index contributed by atoms with van der Waals surface area (Å²) in [5.41, 5.74) is 0.998. The van der Waals surface area contributed by atoms with Crippen LogP contribution < -0.4 is 9.64 Å². The third kappa shape index (κ3) is 4.12. The molecule has 2 amide bonds. The van der Waals surface area contributed by atoms with Gasteiger partial charge in [0, 0.05) is 38.4 Å². The molecule has 6 nitrogen and oxygen atoms in total. The van der Waals surface area contributed by atoms with E-state index in [4.69, 9.17) is 4.74 Å². The van der Waals surface area contributed by atoms with Crippen molar-refractivity contribution in [1.29, 1.82) is 0 Å². The minimum atomic E-state index is -4.95. The van der Waals surface area contributed by atoms with Gasteiger partial charge in [0.1, 0.15) is 11.8 Å². The second-order valence-corrected chi connectivity index (χ2v) is 6.66. The van der Waals surface area contributed by atoms with Crippen LogP contribution in [0.1, 0.15) is 12.8 Å². The van der Waals surface area contributed by atoms with Gasteiger partial charge in [0.25, 0.3) is 0 Å². The van der Waals surface area contributed by atoms with Crippen LogP contribution in [0.25, 0.3) is 0 Å². The number of methoxy groups -OCH3 is 1. The lowest BCUT2D eigenvalue weighted by molar-refractivity contribution is -0.187. The number of piperazine rings is 1. The summed E-state index contributed by atoms with van der Waals surface area (Å²) in [6.07, 6.45) is -4.26. The van der Waals surface area contributed by atoms with E-state index in [1.807, 2.05) is 24.3 Å². The maximum atomic E-state index is 12.7. The molecule has 1 aromatic rings. The van der Waals surface area contributed by atoms with E-state index in [1.54, 1.807) is 12.0 Å². The van der Waals surface area contributed by atoms with Gasteiger partial charge in [-0.15, -0.1) is 0 Å². The van der Waals surface area contributed by atoms with E-state index in [1.165, 1.54) is 0 Å². The quantitative estimate of drug-likeness (QED) is 0.798. The molecule has 0 radical (unpaired) electrons. The zero-order valence-electron chi connectivity index (χ0n) is 15.0. The first-order valence-corrected chi connectivity index (χ1v) is 8.87. The number of rotatable bonds is 3. The number of carbonyl (C=O) groups is 2. The highest BCUT2D eigenvalue weighted by molar-refractivity contribution is 5.90. The number of carbonyl (C=O) groups excluding carboxylic acids is 2. The first kappa shape index (κ1) is 19.3. The van der Waals surface area contributed by atoms with Gasteiger partial charge in [0.15, 0.2) is 0 Å². The van der Waals surface area contributed by atoms with Crippen LogP contribution in [-0.2, 0) is 9.59 Å². The SMILES string of the molecule is COc1ccc(N2CCN(C(=O)C3CCCN3C(=O)C(F)(F)F)CC2)cc1. The number of halogens is 3. The molecule has 9 heteroatoms. The van der Waals surface area contributed by atoms with Crippen LogP contribution in [0.5, 0.6) is 5.75 Å². The predicted octanol–water partition coefficient (Wildman–Crippen LogP) is 1.90. The molecule has 3 rings (SSSR count). The fourth-order valence-electron chi connectivity index (χ4n) is 3.62. The van der Waals surface area contributed by atoms with E-state index < -0.39 is 18.1 Å². The Balaban J connectivity index is 1.60. The van der Waals surface area contributed by atoms with E-state index in [0.717, 1.165) is 11.4 Å². The number of likely N-dealkylation sites (tertiary alicyclic amines) is 1. The predicted molar refractivity (Wildman–Crippen MR) is 92.6 cm³/mol. The topological polar surface area (TPSA) is 53.1 Å². The van der Waals surface area contributed by atoms with Gasteiger partial charge in [-0.05, 0) is 37.1 Å². The largest absolute Gasteiger partial charge is 0.497 e. The van der Waals surface area contributed by atoms with Crippen LogP contribution in [-0.4, -0.2) is 73.7 Å². The van der Waals surface area contributed by atoms with Crippen LogP contribution in [0.4, 0.5) is 18.9 Å². The van der Waals surface area contributed by atoms with Crippen LogP contribution >= 0.6 is 0 Å². The second kappa shape index (κ2) is 7.66. The third-order valence-corrected chi connectivity index (χ3v) is 5.07. The van der Waals surface area contributed by atoms with Crippen molar-refractivity contribution < 1.29 is 27.5 Å². The standard InChI is InChI=1S/C18H22F3N3O3/c1-27-14-6-4-13(5-7-14)22-9-11-23(12-10-22)16(25)15-3-2-8-24(15)17(26)18(19,20)21/h4-7,15H,2-3,8-12H2,1H3. The Bertz CT molecular complexity index is 685. The fraction of sp³-hybridized carbons (Fsp3) is 0.556. The second-order valence-electron chi connectivity index (χ2n) is 6.66. The van der Waals surface area contributed by atoms with E-state index >= 15 is 0 Å². The molecular weight excluding hydrogens is 363 g/mol. The highest BCUT2D eigenvalue weighted by Crippen LogP contribution is 2.27. The lowest BCUT2D eigenvalue weighted by Gasteiger charge is -2.38. The van der Waals surface area contributed by atoms with Crippen molar-refractivity contribution in [3.8, 4) is 5.75 Å². The van der Waals surface area contributed by atoms with Crippen LogP contribution in [0, 0.1) is 0 Å². The highest BCUT2D eigenvalue weighted by Gasteiger charge is 2.48. The Labute approximate surface area is 155 Å². The monoisotopic (exact) mass is 385 g/mol. The summed E-state index contributed by atoms with van der Waals surface area (Å²) in [6.45, 7) is 1.96. The molecule has 0 N–H and O–H groups in total. The summed E-state index contributed by atoms with van der Waals surface area (Å²) >= 11 is 0. The molecule has 1 atom stereocenters. The summed E-state index contributed by atoms with van der Waals surface area (Å²) in [7, 11) is 1.59. The van der Waals surface area contributed by atoms with Crippen molar-refractivity contribution in [1.82, 2.24) is 9.80 Å².